The van der Waals surface area contributed by atoms with Crippen molar-refractivity contribution in [3.8, 4) is 0 Å². The molecule has 0 atom stereocenters. The van der Waals surface area contributed by atoms with E-state index in [0.29, 0.717) is 13.1 Å². The van der Waals surface area contributed by atoms with E-state index < -0.39 is 0 Å². The Bertz CT molecular complexity index is 87.7. The van der Waals surface area contributed by atoms with Gasteiger partial charge in [-0.3, -0.25) is 0 Å². The Morgan fingerprint density at radius 3 is 1.89 bits per heavy atom. The van der Waals surface area contributed by atoms with Crippen molar-refractivity contribution in [2.24, 2.45) is 5.73 Å². The van der Waals surface area contributed by atoms with Crippen molar-refractivity contribution in [2.45, 2.75) is 13.8 Å². The second-order valence-corrected chi connectivity index (χ2v) is 1.51. The first kappa shape index (κ1) is 11.6. The van der Waals surface area contributed by atoms with Gasteiger partial charge in [0.05, 0.1) is 0 Å². The average molecular weight is 124 g/mol. The fourth-order valence-electron chi connectivity index (χ4n) is 0.535. The quantitative estimate of drug-likeness (QED) is 0.407. The van der Waals surface area contributed by atoms with Crippen molar-refractivity contribution in [1.29, 1.82) is 0 Å². The van der Waals surface area contributed by atoms with E-state index in [2.05, 4.69) is 0 Å². The number of hydrogen-bond acceptors (Lipinski definition) is 1. The summed E-state index contributed by atoms with van der Waals surface area (Å²) in [6.07, 6.45) is 0. The third kappa shape index (κ3) is 4.38. The second kappa shape index (κ2) is 5.99. The van der Waals surface area contributed by atoms with Crippen LogP contribution in [0.2, 0.25) is 0 Å². The summed E-state index contributed by atoms with van der Waals surface area (Å²) in [5.41, 5.74) is 4.94. The van der Waals surface area contributed by atoms with Crippen molar-refractivity contribution in [2.75, 3.05) is 13.1 Å². The van der Waals surface area contributed by atoms with Gasteiger partial charge in [-0.05, 0) is 13.8 Å². The van der Waals surface area contributed by atoms with Crippen LogP contribution in [0.1, 0.15) is 15.3 Å². The number of carbonyl (C=O) groups excluding carboxylic acids is 1. The van der Waals surface area contributed by atoms with Gasteiger partial charge < -0.3 is 12.1 Å². The first-order valence-electron chi connectivity index (χ1n) is 2.76. The zero-order valence-electron chi connectivity index (χ0n) is 7.35. The number of urea groups is 1. The Labute approximate surface area is 69.2 Å². The van der Waals surface area contributed by atoms with Gasteiger partial charge in [0.15, 0.2) is 0 Å². The minimum Gasteiger partial charge on any atom is -1.00 e. The molecule has 0 saturated heterocycles. The molecule has 2 amide bonds. The molecule has 0 radical (unpaired) electrons. The minimum atomic E-state index is -0.338. The number of carbonyl (C=O) groups is 1. The number of amides is 2. The largest absolute Gasteiger partial charge is 1.00 e. The van der Waals surface area contributed by atoms with Crippen LogP contribution in [-0.4, -0.2) is 24.0 Å². The maximum atomic E-state index is 10.3. The number of hydrogen-bond donors (Lipinski definition) is 1. The van der Waals surface area contributed by atoms with Crippen molar-refractivity contribution in [3.05, 3.63) is 0 Å². The minimum absolute atomic E-state index is 0. The number of rotatable bonds is 2. The Balaban J connectivity index is -0.000000245. The monoisotopic (exact) mass is 124 g/mol. The zero-order chi connectivity index (χ0) is 6.57. The Morgan fingerprint density at radius 1 is 1.56 bits per heavy atom. The molecule has 0 aliphatic heterocycles. The first-order valence-corrected chi connectivity index (χ1v) is 2.76. The number of nitrogens with two attached hydrogens (primary N) is 1. The molecule has 0 heterocycles. The van der Waals surface area contributed by atoms with Crippen LogP contribution in [0.3, 0.4) is 0 Å². The Morgan fingerprint density at radius 2 is 1.89 bits per heavy atom. The summed E-state index contributed by atoms with van der Waals surface area (Å²) in [6, 6.07) is -0.338. The molecular formula is C5H13LiN2O. The molecule has 0 rings (SSSR count). The Kier molecular flexibility index (Phi) is 7.75. The molecule has 0 spiro atoms. The van der Waals surface area contributed by atoms with Gasteiger partial charge in [0.25, 0.3) is 0 Å². The maximum absolute atomic E-state index is 10.3. The van der Waals surface area contributed by atoms with Crippen molar-refractivity contribution in [3.63, 3.8) is 0 Å². The van der Waals surface area contributed by atoms with Crippen molar-refractivity contribution < 1.29 is 25.1 Å². The van der Waals surface area contributed by atoms with Crippen LogP contribution in [0.5, 0.6) is 0 Å². The third-order valence-electron chi connectivity index (χ3n) is 1.08. The van der Waals surface area contributed by atoms with Gasteiger partial charge in [0.1, 0.15) is 0 Å². The topological polar surface area (TPSA) is 46.3 Å². The molecule has 4 heteroatoms. The van der Waals surface area contributed by atoms with Gasteiger partial charge in [-0.15, -0.1) is 0 Å². The Hall–Kier alpha value is -0.133. The number of primary amides is 1. The van der Waals surface area contributed by atoms with Crippen molar-refractivity contribution in [1.82, 2.24) is 4.90 Å². The van der Waals surface area contributed by atoms with E-state index in [0.717, 1.165) is 0 Å². The first-order chi connectivity index (χ1) is 3.72. The molecule has 2 N–H and O–H groups in total. The zero-order valence-corrected chi connectivity index (χ0v) is 6.35. The molecule has 3 nitrogen and oxygen atoms in total. The van der Waals surface area contributed by atoms with E-state index >= 15 is 0 Å². The summed E-state index contributed by atoms with van der Waals surface area (Å²) in [5, 5.41) is 0. The molecule has 0 aliphatic rings. The molecule has 50 valence electrons. The summed E-state index contributed by atoms with van der Waals surface area (Å²) in [4.78, 5) is 11.9. The molecule has 0 aromatic heterocycles. The summed E-state index contributed by atoms with van der Waals surface area (Å²) in [6.45, 7) is 5.19. The van der Waals surface area contributed by atoms with E-state index in [1.54, 1.807) is 4.90 Å². The van der Waals surface area contributed by atoms with Gasteiger partial charge in [-0.2, -0.15) is 0 Å². The maximum Gasteiger partial charge on any atom is 1.00 e. The number of nitrogens with zero attached hydrogens (tertiary/aromatic N) is 1. The van der Waals surface area contributed by atoms with Gasteiger partial charge in [0, 0.05) is 13.1 Å². The molecule has 0 aromatic rings. The van der Waals surface area contributed by atoms with Crippen LogP contribution in [0.25, 0.3) is 0 Å². The van der Waals surface area contributed by atoms with Crippen LogP contribution in [-0.2, 0) is 0 Å². The SMILES string of the molecule is CCN(CC)C(N)=O.[H-].[Li+]. The summed E-state index contributed by atoms with van der Waals surface area (Å²) >= 11 is 0. The van der Waals surface area contributed by atoms with Gasteiger partial charge >= 0.3 is 24.9 Å². The van der Waals surface area contributed by atoms with E-state index in [1.165, 1.54) is 0 Å². The fourth-order valence-corrected chi connectivity index (χ4v) is 0.535. The van der Waals surface area contributed by atoms with E-state index in [4.69, 9.17) is 5.73 Å². The van der Waals surface area contributed by atoms with E-state index in [-0.39, 0.29) is 26.3 Å². The van der Waals surface area contributed by atoms with Crippen LogP contribution >= 0.6 is 0 Å². The predicted molar refractivity (Wildman–Crippen MR) is 33.6 cm³/mol. The average Bonchev–Trinajstić information content (AvgIpc) is 1.69. The normalized spacial score (nSPS) is 7.78. The summed E-state index contributed by atoms with van der Waals surface area (Å²) in [7, 11) is 0. The second-order valence-electron chi connectivity index (χ2n) is 1.51. The molecule has 9 heavy (non-hydrogen) atoms. The van der Waals surface area contributed by atoms with E-state index in [9.17, 15) is 4.79 Å². The molecule has 0 fully saturated rings. The molecule has 0 unspecified atom stereocenters. The smallest absolute Gasteiger partial charge is 1.00 e. The van der Waals surface area contributed by atoms with E-state index in [1.807, 2.05) is 13.8 Å². The summed E-state index contributed by atoms with van der Waals surface area (Å²) in [5.74, 6) is 0. The standard InChI is InChI=1S/C5H12N2O.Li.H/c1-3-7(4-2)5(6)8;;/h3-4H2,1-2H3,(H2,6,8);;/q;+1;-1. The molecule has 0 saturated carbocycles. The molecule has 0 bridgehead atoms. The predicted octanol–water partition coefficient (Wildman–Crippen LogP) is -2.48. The third-order valence-corrected chi connectivity index (χ3v) is 1.08. The molecule has 0 aromatic carbocycles. The van der Waals surface area contributed by atoms with Crippen LogP contribution in [0.4, 0.5) is 4.79 Å². The van der Waals surface area contributed by atoms with Gasteiger partial charge in [-0.1, -0.05) is 0 Å². The van der Waals surface area contributed by atoms with Crippen LogP contribution in [0.15, 0.2) is 0 Å². The molecular weight excluding hydrogens is 111 g/mol. The fraction of sp³-hybridized carbons (Fsp3) is 0.800. The van der Waals surface area contributed by atoms with Crippen LogP contribution in [0, 0.1) is 0 Å². The van der Waals surface area contributed by atoms with Gasteiger partial charge in [0.2, 0.25) is 0 Å². The van der Waals surface area contributed by atoms with Crippen LogP contribution < -0.4 is 24.6 Å². The van der Waals surface area contributed by atoms with Gasteiger partial charge in [-0.25, -0.2) is 4.79 Å². The molecule has 0 aliphatic carbocycles. The summed E-state index contributed by atoms with van der Waals surface area (Å²) < 4.78 is 0. The van der Waals surface area contributed by atoms with Crippen molar-refractivity contribution >= 4 is 6.03 Å².